The molecule has 1 aromatic carbocycles. The molecule has 2 aromatic heterocycles. The topological polar surface area (TPSA) is 189 Å². The van der Waals surface area contributed by atoms with Crippen LogP contribution in [0.2, 0.25) is 0 Å². The third-order valence-corrected chi connectivity index (χ3v) is 9.29. The van der Waals surface area contributed by atoms with Gasteiger partial charge >= 0.3 is 12.1 Å². The van der Waals surface area contributed by atoms with Crippen molar-refractivity contribution in [3.8, 4) is 11.4 Å². The van der Waals surface area contributed by atoms with Gasteiger partial charge in [-0.1, -0.05) is 43.7 Å². The van der Waals surface area contributed by atoms with E-state index in [0.717, 1.165) is 18.4 Å². The number of H-pyrrole nitrogens is 1. The molecule has 1 saturated carbocycles. The highest BCUT2D eigenvalue weighted by atomic mass is 16.6. The molecule has 16 heteroatoms. The number of hydrogen-bond donors (Lipinski definition) is 2. The number of aryl methyl sites for hydroxylation is 1. The third kappa shape index (κ3) is 7.95. The van der Waals surface area contributed by atoms with Gasteiger partial charge in [0.1, 0.15) is 23.4 Å². The Bertz CT molecular complexity index is 1600. The highest BCUT2D eigenvalue weighted by molar-refractivity contribution is 5.97. The first-order valence-corrected chi connectivity index (χ1v) is 17.0. The monoisotopic (exact) mass is 674 g/mol. The molecule has 3 aliphatic rings. The van der Waals surface area contributed by atoms with Crippen molar-refractivity contribution in [1.29, 1.82) is 0 Å². The Balaban J connectivity index is 1.18. The lowest BCUT2D eigenvalue weighted by atomic mass is 10.1. The molecule has 0 unspecified atom stereocenters. The summed E-state index contributed by atoms with van der Waals surface area (Å²) in [6.45, 7) is 7.04. The molecule has 49 heavy (non-hydrogen) atoms. The molecule has 4 atom stereocenters. The second-order valence-corrected chi connectivity index (χ2v) is 12.5. The zero-order valence-electron chi connectivity index (χ0n) is 27.8. The first-order chi connectivity index (χ1) is 23.9. The van der Waals surface area contributed by atoms with Crippen molar-refractivity contribution in [2.24, 2.45) is 17.8 Å². The number of nitrogens with one attached hydrogen (secondary N) is 2. The summed E-state index contributed by atoms with van der Waals surface area (Å²) in [7, 11) is 0. The van der Waals surface area contributed by atoms with E-state index in [9.17, 15) is 19.2 Å². The highest BCUT2D eigenvalue weighted by Gasteiger charge is 2.60. The lowest BCUT2D eigenvalue weighted by Crippen LogP contribution is -2.56. The van der Waals surface area contributed by atoms with Gasteiger partial charge in [0.2, 0.25) is 5.91 Å². The van der Waals surface area contributed by atoms with E-state index in [4.69, 9.17) is 14.5 Å². The molecule has 3 aromatic rings. The number of tetrazole rings is 1. The summed E-state index contributed by atoms with van der Waals surface area (Å²) in [5, 5.41) is 16.8. The van der Waals surface area contributed by atoms with Crippen molar-refractivity contribution in [2.75, 3.05) is 57.4 Å². The molecular weight excluding hydrogens is 632 g/mol. The number of rotatable bonds is 13. The number of piperidine rings is 1. The van der Waals surface area contributed by atoms with Crippen LogP contribution in [0.1, 0.15) is 49.4 Å². The van der Waals surface area contributed by atoms with E-state index in [2.05, 4.69) is 35.8 Å². The third-order valence-electron chi connectivity index (χ3n) is 9.29. The molecule has 3 amide bonds. The van der Waals surface area contributed by atoms with Crippen LogP contribution in [0.25, 0.3) is 11.4 Å². The van der Waals surface area contributed by atoms with Crippen molar-refractivity contribution in [3.63, 3.8) is 0 Å². The summed E-state index contributed by atoms with van der Waals surface area (Å²) in [5.41, 5.74) is 0.855. The summed E-state index contributed by atoms with van der Waals surface area (Å²) in [5.74, 6) is 0.731. The predicted molar refractivity (Wildman–Crippen MR) is 175 cm³/mol. The number of esters is 1. The van der Waals surface area contributed by atoms with Crippen LogP contribution in [-0.2, 0) is 25.5 Å². The van der Waals surface area contributed by atoms with Crippen molar-refractivity contribution < 1.29 is 28.7 Å². The minimum atomic E-state index is -0.913. The summed E-state index contributed by atoms with van der Waals surface area (Å²) in [6.07, 6.45) is 1.88. The summed E-state index contributed by atoms with van der Waals surface area (Å²) in [6, 6.07) is 10.1. The number of unbranched alkanes of at least 4 members (excludes halogenated alkanes) is 1. The Morgan fingerprint density at radius 2 is 1.71 bits per heavy atom. The Morgan fingerprint density at radius 3 is 2.39 bits per heavy atom. The first kappa shape index (κ1) is 33.7. The molecule has 0 bridgehead atoms. The molecule has 2 aliphatic heterocycles. The predicted octanol–water partition coefficient (Wildman–Crippen LogP) is 1.71. The van der Waals surface area contributed by atoms with Gasteiger partial charge in [0.25, 0.3) is 5.91 Å². The van der Waals surface area contributed by atoms with Gasteiger partial charge < -0.3 is 29.5 Å². The quantitative estimate of drug-likeness (QED) is 0.198. The number of amides is 3. The minimum absolute atomic E-state index is 0.102. The van der Waals surface area contributed by atoms with Crippen LogP contribution in [0.15, 0.2) is 36.4 Å². The SMILES string of the molecule is CCCCOC(=O)N1CCN(C(=O)[C@H](CCc2nnn[nH]2)NC(=O)c2cc(N3C[C@@H]4[C@H](C3)[C@@H]4C(=O)OCC)nc(-c3ccccc3)n2)CC1. The van der Waals surface area contributed by atoms with E-state index >= 15 is 0 Å². The number of carbonyl (C=O) groups is 4. The number of carbonyl (C=O) groups excluding carboxylic acids is 4. The van der Waals surface area contributed by atoms with E-state index in [1.807, 2.05) is 37.3 Å². The number of nitrogens with zero attached hydrogens (tertiary/aromatic N) is 8. The molecule has 260 valence electrons. The summed E-state index contributed by atoms with van der Waals surface area (Å²) >= 11 is 0. The van der Waals surface area contributed by atoms with Crippen LogP contribution >= 0.6 is 0 Å². The molecular formula is C33H42N10O6. The number of piperazine rings is 1. The number of ether oxygens (including phenoxy) is 2. The van der Waals surface area contributed by atoms with Crippen LogP contribution in [-0.4, -0.2) is 123 Å². The Hall–Kier alpha value is -5.15. The van der Waals surface area contributed by atoms with Gasteiger partial charge in [-0.3, -0.25) is 14.4 Å². The molecule has 16 nitrogen and oxygen atoms in total. The van der Waals surface area contributed by atoms with Gasteiger partial charge in [0, 0.05) is 57.3 Å². The second kappa shape index (κ2) is 15.4. The average molecular weight is 675 g/mol. The molecule has 3 fully saturated rings. The normalized spacial score (nSPS) is 20.4. The van der Waals surface area contributed by atoms with E-state index < -0.39 is 11.9 Å². The van der Waals surface area contributed by atoms with Gasteiger partial charge in [-0.25, -0.2) is 19.9 Å². The number of hydrogen-bond acceptors (Lipinski definition) is 12. The summed E-state index contributed by atoms with van der Waals surface area (Å²) < 4.78 is 10.6. The van der Waals surface area contributed by atoms with Crippen molar-refractivity contribution >= 4 is 29.7 Å². The largest absolute Gasteiger partial charge is 0.466 e. The van der Waals surface area contributed by atoms with Gasteiger partial charge in [0.15, 0.2) is 5.82 Å². The maximum atomic E-state index is 13.9. The molecule has 2 N–H and O–H groups in total. The Kier molecular flexibility index (Phi) is 10.6. The lowest BCUT2D eigenvalue weighted by molar-refractivity contribution is -0.145. The van der Waals surface area contributed by atoms with Crippen LogP contribution < -0.4 is 10.2 Å². The van der Waals surface area contributed by atoms with E-state index in [1.165, 1.54) is 0 Å². The average Bonchev–Trinajstić information content (AvgIpc) is 3.43. The number of fused-ring (bicyclic) bond motifs is 1. The van der Waals surface area contributed by atoms with Crippen molar-refractivity contribution in [1.82, 2.24) is 45.7 Å². The van der Waals surface area contributed by atoms with Gasteiger partial charge in [0.05, 0.1) is 19.1 Å². The molecule has 6 rings (SSSR count). The van der Waals surface area contributed by atoms with Crippen LogP contribution in [0.3, 0.4) is 0 Å². The number of aromatic amines is 1. The zero-order chi connectivity index (χ0) is 34.3. The zero-order valence-corrected chi connectivity index (χ0v) is 27.8. The lowest BCUT2D eigenvalue weighted by Gasteiger charge is -2.36. The molecule has 4 heterocycles. The van der Waals surface area contributed by atoms with Crippen molar-refractivity contribution in [3.05, 3.63) is 47.9 Å². The van der Waals surface area contributed by atoms with Crippen LogP contribution in [0.4, 0.5) is 10.6 Å². The Labute approximate surface area is 283 Å². The molecule has 0 radical (unpaired) electrons. The van der Waals surface area contributed by atoms with Crippen LogP contribution in [0, 0.1) is 17.8 Å². The number of anilines is 1. The fraction of sp³-hybridized carbons (Fsp3) is 0.545. The first-order valence-electron chi connectivity index (χ1n) is 17.0. The molecule has 1 aliphatic carbocycles. The van der Waals surface area contributed by atoms with Crippen molar-refractivity contribution in [2.45, 2.75) is 45.6 Å². The number of aromatic nitrogens is 6. The highest BCUT2D eigenvalue weighted by Crippen LogP contribution is 2.53. The Morgan fingerprint density at radius 1 is 0.980 bits per heavy atom. The van der Waals surface area contributed by atoms with Crippen LogP contribution in [0.5, 0.6) is 0 Å². The standard InChI is InChI=1S/C33H42N10O6/c1-3-5-17-49-33(47)42-15-13-41(14-16-42)31(45)24(11-12-26-37-39-40-38-26)35-30(44)25-18-27(36-29(34-25)21-9-7-6-8-10-21)43-19-22-23(20-43)28(22)32(46)48-4-2/h6-10,18,22-24,28H,3-5,11-17,19-20H2,1-2H3,(H,35,44)(H,37,38,39,40)/t22-,23+,24-,28-/m0/s1. The van der Waals surface area contributed by atoms with E-state index in [1.54, 1.807) is 22.8 Å². The summed E-state index contributed by atoms with van der Waals surface area (Å²) in [4.78, 5) is 67.4. The van der Waals surface area contributed by atoms with E-state index in [-0.39, 0.29) is 47.8 Å². The van der Waals surface area contributed by atoms with Gasteiger partial charge in [-0.05, 0) is 42.0 Å². The van der Waals surface area contributed by atoms with Gasteiger partial charge in [-0.15, -0.1) is 5.10 Å². The molecule has 2 saturated heterocycles. The van der Waals surface area contributed by atoms with Gasteiger partial charge in [-0.2, -0.15) is 0 Å². The molecule has 0 spiro atoms. The maximum Gasteiger partial charge on any atom is 0.409 e. The fourth-order valence-electron chi connectivity index (χ4n) is 6.51. The smallest absolute Gasteiger partial charge is 0.409 e. The minimum Gasteiger partial charge on any atom is -0.466 e. The maximum absolute atomic E-state index is 13.9. The van der Waals surface area contributed by atoms with E-state index in [0.29, 0.717) is 76.4 Å². The second-order valence-electron chi connectivity index (χ2n) is 12.5. The fourth-order valence-corrected chi connectivity index (χ4v) is 6.51. The number of benzene rings is 1.